The Morgan fingerprint density at radius 2 is 1.68 bits per heavy atom. The maximum absolute atomic E-state index is 12.9. The van der Waals surface area contributed by atoms with E-state index in [2.05, 4.69) is 71.1 Å². The SMILES string of the molecule is COc1ccc(/C=C/C(=O)N2CCN(c3ncnc4c3c(-c3ccccc3)cn4-c3cccc(C)c3)CC2)cc1. The van der Waals surface area contributed by atoms with Crippen LogP contribution in [0.15, 0.2) is 97.5 Å². The Kier molecular flexibility index (Phi) is 7.02. The van der Waals surface area contributed by atoms with Gasteiger partial charge < -0.3 is 19.1 Å². The molecule has 3 aromatic carbocycles. The third-order valence-electron chi connectivity index (χ3n) is 7.35. The van der Waals surface area contributed by atoms with Gasteiger partial charge in [-0.15, -0.1) is 0 Å². The molecule has 0 atom stereocenters. The first kappa shape index (κ1) is 25.4. The first-order valence-corrected chi connectivity index (χ1v) is 13.5. The lowest BCUT2D eigenvalue weighted by Crippen LogP contribution is -2.48. The number of aromatic nitrogens is 3. The molecule has 2 aromatic heterocycles. The number of fused-ring (bicyclic) bond motifs is 1. The molecule has 40 heavy (non-hydrogen) atoms. The minimum absolute atomic E-state index is 0.0128. The number of rotatable bonds is 6. The van der Waals surface area contributed by atoms with Gasteiger partial charge in [0.15, 0.2) is 5.65 Å². The molecule has 3 heterocycles. The molecule has 0 saturated carbocycles. The van der Waals surface area contributed by atoms with Gasteiger partial charge in [-0.2, -0.15) is 0 Å². The number of piperazine rings is 1. The number of anilines is 1. The van der Waals surface area contributed by atoms with Crippen molar-refractivity contribution in [2.24, 2.45) is 0 Å². The summed E-state index contributed by atoms with van der Waals surface area (Å²) in [6.45, 7) is 4.73. The van der Waals surface area contributed by atoms with Gasteiger partial charge in [0.25, 0.3) is 0 Å². The molecule has 0 aliphatic carbocycles. The van der Waals surface area contributed by atoms with E-state index in [4.69, 9.17) is 14.7 Å². The summed E-state index contributed by atoms with van der Waals surface area (Å²) in [5.74, 6) is 1.71. The van der Waals surface area contributed by atoms with Crippen molar-refractivity contribution < 1.29 is 9.53 Å². The summed E-state index contributed by atoms with van der Waals surface area (Å²) in [6, 6.07) is 26.5. The van der Waals surface area contributed by atoms with Crippen molar-refractivity contribution >= 4 is 28.8 Å². The fourth-order valence-corrected chi connectivity index (χ4v) is 5.22. The van der Waals surface area contributed by atoms with Crippen molar-refractivity contribution in [1.29, 1.82) is 0 Å². The molecule has 6 rings (SSSR count). The summed E-state index contributed by atoms with van der Waals surface area (Å²) >= 11 is 0. The van der Waals surface area contributed by atoms with Crippen LogP contribution in [0.2, 0.25) is 0 Å². The molecule has 0 bridgehead atoms. The van der Waals surface area contributed by atoms with Gasteiger partial charge in [-0.05, 0) is 54.0 Å². The van der Waals surface area contributed by atoms with Crippen LogP contribution in [-0.4, -0.2) is 58.6 Å². The monoisotopic (exact) mass is 529 g/mol. The van der Waals surface area contributed by atoms with Gasteiger partial charge in [0, 0.05) is 49.7 Å². The number of benzene rings is 3. The lowest BCUT2D eigenvalue weighted by Gasteiger charge is -2.35. The smallest absolute Gasteiger partial charge is 0.246 e. The lowest BCUT2D eigenvalue weighted by atomic mass is 10.1. The van der Waals surface area contributed by atoms with Crippen molar-refractivity contribution in [1.82, 2.24) is 19.4 Å². The van der Waals surface area contributed by atoms with E-state index >= 15 is 0 Å². The standard InChI is InChI=1S/C33H31N5O2/c1-24-7-6-10-27(21-24)38-22-29(26-8-4-3-5-9-26)31-32(34-23-35-33(31)38)37-19-17-36(18-20-37)30(39)16-13-25-11-14-28(40-2)15-12-25/h3-16,21-23H,17-20H2,1-2H3/b16-13+. The minimum atomic E-state index is 0.0128. The molecule has 5 aromatic rings. The third kappa shape index (κ3) is 5.06. The zero-order valence-corrected chi connectivity index (χ0v) is 22.7. The van der Waals surface area contributed by atoms with Gasteiger partial charge in [-0.1, -0.05) is 54.6 Å². The fourth-order valence-electron chi connectivity index (χ4n) is 5.22. The molecule has 1 amide bonds. The molecular formula is C33H31N5O2. The number of hydrogen-bond donors (Lipinski definition) is 0. The van der Waals surface area contributed by atoms with Gasteiger partial charge in [0.1, 0.15) is 17.9 Å². The predicted octanol–water partition coefficient (Wildman–Crippen LogP) is 5.77. The second kappa shape index (κ2) is 11.1. The highest BCUT2D eigenvalue weighted by atomic mass is 16.5. The van der Waals surface area contributed by atoms with Gasteiger partial charge >= 0.3 is 0 Å². The molecule has 1 fully saturated rings. The van der Waals surface area contributed by atoms with Gasteiger partial charge in [0.2, 0.25) is 5.91 Å². The summed E-state index contributed by atoms with van der Waals surface area (Å²) in [7, 11) is 1.64. The summed E-state index contributed by atoms with van der Waals surface area (Å²) in [4.78, 5) is 26.6. The Labute approximate surface area is 234 Å². The Balaban J connectivity index is 1.28. The van der Waals surface area contributed by atoms with Gasteiger partial charge in [-0.25, -0.2) is 9.97 Å². The van der Waals surface area contributed by atoms with Crippen LogP contribution in [0.5, 0.6) is 5.75 Å². The average Bonchev–Trinajstić information content (AvgIpc) is 3.41. The van der Waals surface area contributed by atoms with E-state index in [1.165, 1.54) is 5.56 Å². The number of ether oxygens (including phenoxy) is 1. The fraction of sp³-hybridized carbons (Fsp3) is 0.182. The number of hydrogen-bond acceptors (Lipinski definition) is 5. The molecule has 1 aliphatic heterocycles. The van der Waals surface area contributed by atoms with Crippen LogP contribution >= 0.6 is 0 Å². The van der Waals surface area contributed by atoms with E-state index in [-0.39, 0.29) is 5.91 Å². The highest BCUT2D eigenvalue weighted by molar-refractivity contribution is 6.02. The van der Waals surface area contributed by atoms with Crippen LogP contribution in [-0.2, 0) is 4.79 Å². The van der Waals surface area contributed by atoms with Crippen LogP contribution in [0.3, 0.4) is 0 Å². The first-order chi connectivity index (χ1) is 19.6. The lowest BCUT2D eigenvalue weighted by molar-refractivity contribution is -0.126. The number of carbonyl (C=O) groups is 1. The molecule has 7 heteroatoms. The normalized spacial score (nSPS) is 13.8. The van der Waals surface area contributed by atoms with Crippen LogP contribution < -0.4 is 9.64 Å². The quantitative estimate of drug-likeness (QED) is 0.262. The van der Waals surface area contributed by atoms with Crippen LogP contribution in [0.4, 0.5) is 5.82 Å². The van der Waals surface area contributed by atoms with Crippen molar-refractivity contribution in [3.8, 4) is 22.6 Å². The van der Waals surface area contributed by atoms with Gasteiger partial charge in [-0.3, -0.25) is 4.79 Å². The zero-order chi connectivity index (χ0) is 27.5. The Morgan fingerprint density at radius 3 is 2.40 bits per heavy atom. The van der Waals surface area contributed by atoms with Crippen LogP contribution in [0.1, 0.15) is 11.1 Å². The van der Waals surface area contributed by atoms with Crippen molar-refractivity contribution in [3.05, 3.63) is 109 Å². The zero-order valence-electron chi connectivity index (χ0n) is 22.7. The molecular weight excluding hydrogens is 498 g/mol. The highest BCUT2D eigenvalue weighted by Crippen LogP contribution is 2.37. The largest absolute Gasteiger partial charge is 0.497 e. The number of nitrogens with zero attached hydrogens (tertiary/aromatic N) is 5. The summed E-state index contributed by atoms with van der Waals surface area (Å²) in [5.41, 5.74) is 6.30. The maximum Gasteiger partial charge on any atom is 0.246 e. The molecule has 0 radical (unpaired) electrons. The van der Waals surface area contributed by atoms with Crippen LogP contribution in [0, 0.1) is 6.92 Å². The molecule has 0 spiro atoms. The molecule has 0 unspecified atom stereocenters. The number of amides is 1. The molecule has 200 valence electrons. The molecule has 1 aliphatic rings. The number of carbonyl (C=O) groups excluding carboxylic acids is 1. The summed E-state index contributed by atoms with van der Waals surface area (Å²) < 4.78 is 7.36. The van der Waals surface area contributed by atoms with E-state index in [0.717, 1.165) is 45.0 Å². The first-order valence-electron chi connectivity index (χ1n) is 13.5. The highest BCUT2D eigenvalue weighted by Gasteiger charge is 2.25. The van der Waals surface area contributed by atoms with E-state index in [1.54, 1.807) is 19.5 Å². The van der Waals surface area contributed by atoms with Crippen molar-refractivity contribution in [2.75, 3.05) is 38.2 Å². The summed E-state index contributed by atoms with van der Waals surface area (Å²) in [6.07, 6.45) is 7.31. The molecule has 7 nitrogen and oxygen atoms in total. The minimum Gasteiger partial charge on any atom is -0.497 e. The number of methoxy groups -OCH3 is 1. The predicted molar refractivity (Wildman–Crippen MR) is 160 cm³/mol. The Morgan fingerprint density at radius 1 is 0.900 bits per heavy atom. The van der Waals surface area contributed by atoms with Crippen LogP contribution in [0.25, 0.3) is 33.9 Å². The van der Waals surface area contributed by atoms with Crippen molar-refractivity contribution in [3.63, 3.8) is 0 Å². The molecule has 0 N–H and O–H groups in total. The third-order valence-corrected chi connectivity index (χ3v) is 7.35. The summed E-state index contributed by atoms with van der Waals surface area (Å²) in [5, 5.41) is 1.02. The average molecular weight is 530 g/mol. The van der Waals surface area contributed by atoms with E-state index < -0.39 is 0 Å². The molecule has 1 saturated heterocycles. The Bertz CT molecular complexity index is 1670. The van der Waals surface area contributed by atoms with Crippen molar-refractivity contribution in [2.45, 2.75) is 6.92 Å². The Hall–Kier alpha value is -4.91. The second-order valence-electron chi connectivity index (χ2n) is 9.93. The van der Waals surface area contributed by atoms with E-state index in [0.29, 0.717) is 26.2 Å². The number of aryl methyl sites for hydroxylation is 1. The van der Waals surface area contributed by atoms with E-state index in [1.807, 2.05) is 41.3 Å². The maximum atomic E-state index is 12.9. The second-order valence-corrected chi connectivity index (χ2v) is 9.93. The van der Waals surface area contributed by atoms with E-state index in [9.17, 15) is 4.79 Å². The topological polar surface area (TPSA) is 63.5 Å². The van der Waals surface area contributed by atoms with Gasteiger partial charge in [0.05, 0.1) is 12.5 Å².